The minimum Gasteiger partial charge on any atom is -0.489 e. The zero-order valence-electron chi connectivity index (χ0n) is 25.5. The van der Waals surface area contributed by atoms with Crippen LogP contribution in [0.2, 0.25) is 10.0 Å². The molecule has 6 rings (SSSR count). The predicted molar refractivity (Wildman–Crippen MR) is 175 cm³/mol. The lowest BCUT2D eigenvalue weighted by molar-refractivity contribution is -0.150. The van der Waals surface area contributed by atoms with E-state index in [1.54, 1.807) is 6.07 Å². The van der Waals surface area contributed by atoms with Gasteiger partial charge >= 0.3 is 12.6 Å². The molecular formula is C31H32Cl2F2N4O7S2. The van der Waals surface area contributed by atoms with Gasteiger partial charge in [0, 0.05) is 50.4 Å². The van der Waals surface area contributed by atoms with Crippen molar-refractivity contribution in [3.8, 4) is 11.5 Å². The molecule has 0 radical (unpaired) electrons. The highest BCUT2D eigenvalue weighted by Gasteiger charge is 2.42. The summed E-state index contributed by atoms with van der Waals surface area (Å²) in [6.07, 6.45) is 4.91. The summed E-state index contributed by atoms with van der Waals surface area (Å²) in [5.74, 6) is 0.360. The van der Waals surface area contributed by atoms with Gasteiger partial charge in [-0.1, -0.05) is 29.3 Å². The van der Waals surface area contributed by atoms with E-state index in [0.717, 1.165) is 28.9 Å². The summed E-state index contributed by atoms with van der Waals surface area (Å²) in [4.78, 5) is 24.1. The number of carbonyl (C=O) groups excluding carboxylic acids is 1. The number of pyridine rings is 2. The number of alkyl halides is 2. The van der Waals surface area contributed by atoms with Crippen LogP contribution in [0.4, 0.5) is 14.6 Å². The van der Waals surface area contributed by atoms with E-state index >= 15 is 0 Å². The molecule has 1 saturated carbocycles. The molecule has 258 valence electrons. The average molecular weight is 746 g/mol. The molecule has 3 aromatic rings. The van der Waals surface area contributed by atoms with Crippen molar-refractivity contribution >= 4 is 56.8 Å². The third-order valence-corrected chi connectivity index (χ3v) is 11.9. The van der Waals surface area contributed by atoms with Crippen molar-refractivity contribution in [1.82, 2.24) is 14.3 Å². The van der Waals surface area contributed by atoms with Crippen molar-refractivity contribution in [2.24, 2.45) is 5.92 Å². The quantitative estimate of drug-likeness (QED) is 0.204. The highest BCUT2D eigenvalue weighted by Crippen LogP contribution is 2.39. The molecule has 0 spiro atoms. The highest BCUT2D eigenvalue weighted by molar-refractivity contribution is 8.02. The fraction of sp³-hybridized carbons (Fsp3) is 0.452. The van der Waals surface area contributed by atoms with Crippen LogP contribution in [-0.2, 0) is 30.7 Å². The first-order valence-corrected chi connectivity index (χ1v) is 18.5. The normalized spacial score (nSPS) is 19.4. The summed E-state index contributed by atoms with van der Waals surface area (Å²) in [5.41, 5.74) is 0.800. The Balaban J connectivity index is 1.26. The van der Waals surface area contributed by atoms with Gasteiger partial charge < -0.3 is 23.8 Å². The van der Waals surface area contributed by atoms with Crippen molar-refractivity contribution in [2.75, 3.05) is 50.1 Å². The molecule has 17 heteroatoms. The molecule has 11 nitrogen and oxygen atoms in total. The predicted octanol–water partition coefficient (Wildman–Crippen LogP) is 5.60. The molecule has 2 saturated heterocycles. The standard InChI is InChI=1S/C31H32Cl2F2N4O7S2/c32-23-16-36-17-24(33)22(23)14-26(20-3-5-25(46-31(34)35)27(13-20)44-18-19-1-2-19)45-30(40)29-39(9-12-47-29)48(41,42)21-4-6-28(37-15-21)38-7-10-43-11-8-38/h3-6,13,15-17,19,26,29,31H,1-2,7-12,14,18H2. The number of thioether (sulfide) groups is 1. The maximum Gasteiger partial charge on any atom is 0.387 e. The molecule has 0 amide bonds. The molecule has 3 aliphatic rings. The fourth-order valence-electron chi connectivity index (χ4n) is 5.29. The molecule has 1 aliphatic carbocycles. The number of ether oxygens (including phenoxy) is 4. The number of esters is 1. The highest BCUT2D eigenvalue weighted by atomic mass is 35.5. The van der Waals surface area contributed by atoms with E-state index in [-0.39, 0.29) is 39.4 Å². The van der Waals surface area contributed by atoms with Crippen LogP contribution in [0.25, 0.3) is 0 Å². The summed E-state index contributed by atoms with van der Waals surface area (Å²) in [5, 5.41) is -0.760. The van der Waals surface area contributed by atoms with E-state index in [1.165, 1.54) is 42.9 Å². The number of benzene rings is 1. The van der Waals surface area contributed by atoms with E-state index in [0.29, 0.717) is 61.5 Å². The van der Waals surface area contributed by atoms with Crippen LogP contribution < -0.4 is 14.4 Å². The van der Waals surface area contributed by atoms with Gasteiger partial charge in [0.2, 0.25) is 10.0 Å². The van der Waals surface area contributed by atoms with Gasteiger partial charge in [0.25, 0.3) is 0 Å². The Bertz CT molecular complexity index is 1700. The Kier molecular flexibility index (Phi) is 11.1. The molecule has 2 aromatic heterocycles. The molecule has 2 aliphatic heterocycles. The van der Waals surface area contributed by atoms with Gasteiger partial charge in [-0.25, -0.2) is 18.2 Å². The SMILES string of the molecule is O=C(OC(Cc1c(Cl)cncc1Cl)c1ccc(OC(F)F)c(OCC2CC2)c1)C1SCCN1S(=O)(=O)c1ccc(N2CCOCC2)nc1. The van der Waals surface area contributed by atoms with Crippen LogP contribution in [0.1, 0.15) is 30.1 Å². The van der Waals surface area contributed by atoms with Gasteiger partial charge in [-0.05, 0) is 54.2 Å². The first-order valence-electron chi connectivity index (χ1n) is 15.2. The molecule has 2 unspecified atom stereocenters. The Morgan fingerprint density at radius 1 is 1.04 bits per heavy atom. The summed E-state index contributed by atoms with van der Waals surface area (Å²) in [6.45, 7) is -0.307. The summed E-state index contributed by atoms with van der Waals surface area (Å²) in [6, 6.07) is 7.37. The Morgan fingerprint density at radius 2 is 1.79 bits per heavy atom. The number of hydrogen-bond acceptors (Lipinski definition) is 11. The molecule has 1 aromatic carbocycles. The third-order valence-electron chi connectivity index (χ3n) is 8.04. The van der Waals surface area contributed by atoms with Gasteiger partial charge in [0.1, 0.15) is 16.8 Å². The first-order chi connectivity index (χ1) is 23.1. The zero-order chi connectivity index (χ0) is 33.8. The smallest absolute Gasteiger partial charge is 0.387 e. The first kappa shape index (κ1) is 34.9. The third kappa shape index (κ3) is 8.25. The van der Waals surface area contributed by atoms with Crippen LogP contribution in [0.5, 0.6) is 11.5 Å². The monoisotopic (exact) mass is 744 g/mol. The van der Waals surface area contributed by atoms with Gasteiger partial charge in [-0.3, -0.25) is 4.98 Å². The van der Waals surface area contributed by atoms with E-state index in [4.69, 9.17) is 37.4 Å². The van der Waals surface area contributed by atoms with Crippen LogP contribution in [-0.4, -0.2) is 85.9 Å². The number of halogens is 4. The molecular weight excluding hydrogens is 713 g/mol. The van der Waals surface area contributed by atoms with E-state index < -0.39 is 34.1 Å². The van der Waals surface area contributed by atoms with Crippen LogP contribution in [0.15, 0.2) is 53.8 Å². The van der Waals surface area contributed by atoms with E-state index in [2.05, 4.69) is 14.7 Å². The second-order valence-corrected chi connectivity index (χ2v) is 15.2. The van der Waals surface area contributed by atoms with Gasteiger partial charge in [0.15, 0.2) is 16.9 Å². The molecule has 0 bridgehead atoms. The van der Waals surface area contributed by atoms with E-state index in [9.17, 15) is 22.0 Å². The minimum absolute atomic E-state index is 0.0277. The van der Waals surface area contributed by atoms with Crippen molar-refractivity contribution in [3.63, 3.8) is 0 Å². The largest absolute Gasteiger partial charge is 0.489 e. The number of anilines is 1. The number of hydrogen-bond donors (Lipinski definition) is 0. The second kappa shape index (κ2) is 15.3. The fourth-order valence-corrected chi connectivity index (χ4v) is 8.81. The lowest BCUT2D eigenvalue weighted by Gasteiger charge is -2.28. The average Bonchev–Trinajstić information content (AvgIpc) is 3.77. The summed E-state index contributed by atoms with van der Waals surface area (Å²) < 4.78 is 77.0. The minimum atomic E-state index is -4.14. The number of sulfonamides is 1. The maximum atomic E-state index is 13.8. The summed E-state index contributed by atoms with van der Waals surface area (Å²) in [7, 11) is -4.14. The molecule has 3 fully saturated rings. The Labute approximate surface area is 290 Å². The lowest BCUT2D eigenvalue weighted by atomic mass is 10.0. The maximum absolute atomic E-state index is 13.8. The zero-order valence-corrected chi connectivity index (χ0v) is 28.6. The van der Waals surface area contributed by atoms with Crippen molar-refractivity contribution < 1.29 is 40.9 Å². The molecule has 4 heterocycles. The van der Waals surface area contributed by atoms with Gasteiger partial charge in [0.05, 0.1) is 29.9 Å². The Hall–Kier alpha value is -2.95. The van der Waals surface area contributed by atoms with Crippen molar-refractivity contribution in [3.05, 3.63) is 70.1 Å². The number of morpholine rings is 1. The van der Waals surface area contributed by atoms with E-state index in [1.807, 2.05) is 4.90 Å². The molecule has 0 N–H and O–H groups in total. The Morgan fingerprint density at radius 3 is 2.46 bits per heavy atom. The van der Waals surface area contributed by atoms with Crippen LogP contribution in [0, 0.1) is 5.92 Å². The lowest BCUT2D eigenvalue weighted by Crippen LogP contribution is -2.41. The molecule has 2 atom stereocenters. The van der Waals surface area contributed by atoms with Crippen LogP contribution >= 0.6 is 35.0 Å². The van der Waals surface area contributed by atoms with Crippen molar-refractivity contribution in [2.45, 2.75) is 42.2 Å². The number of aromatic nitrogens is 2. The van der Waals surface area contributed by atoms with Crippen LogP contribution in [0.3, 0.4) is 0 Å². The number of rotatable bonds is 13. The number of carbonyl (C=O) groups is 1. The topological polar surface area (TPSA) is 120 Å². The van der Waals surface area contributed by atoms with Gasteiger partial charge in [-0.15, -0.1) is 11.8 Å². The van der Waals surface area contributed by atoms with Crippen molar-refractivity contribution in [1.29, 1.82) is 0 Å². The molecule has 48 heavy (non-hydrogen) atoms. The summed E-state index contributed by atoms with van der Waals surface area (Å²) >= 11 is 14.0. The second-order valence-electron chi connectivity index (χ2n) is 11.3. The van der Waals surface area contributed by atoms with Gasteiger partial charge in [-0.2, -0.15) is 13.1 Å². The number of nitrogens with zero attached hydrogens (tertiary/aromatic N) is 4.